The predicted molar refractivity (Wildman–Crippen MR) is 110 cm³/mol. The smallest absolute Gasteiger partial charge is 0.233 e. The maximum atomic E-state index is 12.9. The standard InChI is InChI=1S/C21H22N2OS2/c1-3-18-16-9-11-25-19(16)8-10-23(18)21(24)13-26-20-12-14(2)15-6-4-5-7-17(15)22-20/h4-7,9,11-12,18H,3,8,10,13H2,1-2H3. The van der Waals surface area contributed by atoms with Crippen molar-refractivity contribution in [2.45, 2.75) is 37.8 Å². The topological polar surface area (TPSA) is 33.2 Å². The third kappa shape index (κ3) is 3.26. The van der Waals surface area contributed by atoms with E-state index in [4.69, 9.17) is 4.98 Å². The first-order valence-corrected chi connectivity index (χ1v) is 10.9. The van der Waals surface area contributed by atoms with Crippen LogP contribution in [0.3, 0.4) is 0 Å². The van der Waals surface area contributed by atoms with Gasteiger partial charge in [-0.2, -0.15) is 0 Å². The minimum absolute atomic E-state index is 0.214. The second-order valence-corrected chi connectivity index (χ2v) is 8.64. The van der Waals surface area contributed by atoms with Crippen molar-refractivity contribution in [3.05, 3.63) is 57.8 Å². The Morgan fingerprint density at radius 2 is 2.19 bits per heavy atom. The molecule has 5 heteroatoms. The number of carbonyl (C=O) groups excluding carboxylic acids is 1. The molecule has 1 aromatic carbocycles. The van der Waals surface area contributed by atoms with Gasteiger partial charge in [0.1, 0.15) is 0 Å². The molecule has 3 nitrogen and oxygen atoms in total. The number of aryl methyl sites for hydroxylation is 1. The summed E-state index contributed by atoms with van der Waals surface area (Å²) in [6.07, 6.45) is 1.95. The Labute approximate surface area is 162 Å². The Morgan fingerprint density at radius 1 is 1.35 bits per heavy atom. The molecule has 0 fully saturated rings. The van der Waals surface area contributed by atoms with Crippen LogP contribution in [0.15, 0.2) is 46.8 Å². The molecule has 1 amide bonds. The number of hydrogen-bond acceptors (Lipinski definition) is 4. The van der Waals surface area contributed by atoms with Crippen LogP contribution in [0.5, 0.6) is 0 Å². The van der Waals surface area contributed by atoms with Crippen LogP contribution in [0.25, 0.3) is 10.9 Å². The summed E-state index contributed by atoms with van der Waals surface area (Å²) < 4.78 is 0. The van der Waals surface area contributed by atoms with E-state index in [1.807, 2.05) is 29.5 Å². The lowest BCUT2D eigenvalue weighted by Crippen LogP contribution is -2.40. The number of hydrogen-bond donors (Lipinski definition) is 0. The summed E-state index contributed by atoms with van der Waals surface area (Å²) in [5.41, 5.74) is 3.55. The first kappa shape index (κ1) is 17.6. The molecule has 1 atom stereocenters. The van der Waals surface area contributed by atoms with Crippen LogP contribution in [0, 0.1) is 6.92 Å². The zero-order valence-electron chi connectivity index (χ0n) is 15.1. The number of carbonyl (C=O) groups is 1. The molecule has 1 aliphatic heterocycles. The lowest BCUT2D eigenvalue weighted by molar-refractivity contribution is -0.131. The molecule has 0 aliphatic carbocycles. The maximum Gasteiger partial charge on any atom is 0.233 e. The second-order valence-electron chi connectivity index (χ2n) is 6.64. The van der Waals surface area contributed by atoms with Gasteiger partial charge in [0.25, 0.3) is 0 Å². The van der Waals surface area contributed by atoms with Crippen LogP contribution in [-0.2, 0) is 11.2 Å². The number of para-hydroxylation sites is 1. The van der Waals surface area contributed by atoms with E-state index in [0.717, 1.165) is 29.9 Å². The Morgan fingerprint density at radius 3 is 3.04 bits per heavy atom. The summed E-state index contributed by atoms with van der Waals surface area (Å²) >= 11 is 3.37. The molecule has 0 spiro atoms. The van der Waals surface area contributed by atoms with Gasteiger partial charge in [0.2, 0.25) is 5.91 Å². The van der Waals surface area contributed by atoms with Crippen LogP contribution < -0.4 is 0 Å². The maximum absolute atomic E-state index is 12.9. The lowest BCUT2D eigenvalue weighted by atomic mass is 9.98. The van der Waals surface area contributed by atoms with Crippen LogP contribution in [-0.4, -0.2) is 28.1 Å². The van der Waals surface area contributed by atoms with Gasteiger partial charge in [-0.05, 0) is 54.5 Å². The van der Waals surface area contributed by atoms with Crippen molar-refractivity contribution in [3.8, 4) is 0 Å². The van der Waals surface area contributed by atoms with E-state index in [1.54, 1.807) is 11.8 Å². The highest BCUT2D eigenvalue weighted by molar-refractivity contribution is 7.99. The van der Waals surface area contributed by atoms with Crippen molar-refractivity contribution < 1.29 is 4.79 Å². The number of thiophene rings is 1. The van der Waals surface area contributed by atoms with Gasteiger partial charge < -0.3 is 4.90 Å². The van der Waals surface area contributed by atoms with Crippen molar-refractivity contribution in [1.82, 2.24) is 9.88 Å². The molecule has 134 valence electrons. The third-order valence-electron chi connectivity index (χ3n) is 5.04. The molecule has 0 saturated heterocycles. The number of benzene rings is 1. The Kier molecular flexibility index (Phi) is 5.00. The summed E-state index contributed by atoms with van der Waals surface area (Å²) in [7, 11) is 0. The average Bonchev–Trinajstić information content (AvgIpc) is 3.14. The fourth-order valence-corrected chi connectivity index (χ4v) is 5.53. The minimum Gasteiger partial charge on any atom is -0.335 e. The van der Waals surface area contributed by atoms with E-state index in [0.29, 0.717) is 5.75 Å². The van der Waals surface area contributed by atoms with Crippen LogP contribution >= 0.6 is 23.1 Å². The largest absolute Gasteiger partial charge is 0.335 e. The summed E-state index contributed by atoms with van der Waals surface area (Å²) in [6, 6.07) is 12.7. The second kappa shape index (κ2) is 7.41. The zero-order chi connectivity index (χ0) is 18.1. The van der Waals surface area contributed by atoms with E-state index in [2.05, 4.69) is 42.3 Å². The highest BCUT2D eigenvalue weighted by atomic mass is 32.2. The number of thioether (sulfide) groups is 1. The SMILES string of the molecule is CCC1c2ccsc2CCN1C(=O)CSc1cc(C)c2ccccc2n1. The van der Waals surface area contributed by atoms with Crippen LogP contribution in [0.4, 0.5) is 0 Å². The highest BCUT2D eigenvalue weighted by Gasteiger charge is 2.30. The molecule has 1 aliphatic rings. The molecule has 0 N–H and O–H groups in total. The highest BCUT2D eigenvalue weighted by Crippen LogP contribution is 2.35. The molecule has 26 heavy (non-hydrogen) atoms. The summed E-state index contributed by atoms with van der Waals surface area (Å²) in [4.78, 5) is 21.1. The number of rotatable bonds is 4. The van der Waals surface area contributed by atoms with E-state index in [1.165, 1.54) is 21.4 Å². The van der Waals surface area contributed by atoms with Crippen molar-refractivity contribution in [3.63, 3.8) is 0 Å². The first-order valence-electron chi connectivity index (χ1n) is 9.02. The number of pyridine rings is 1. The molecule has 0 saturated carbocycles. The molecule has 1 unspecified atom stereocenters. The van der Waals surface area contributed by atoms with Crippen LogP contribution in [0.2, 0.25) is 0 Å². The number of amides is 1. The molecule has 3 heterocycles. The fraction of sp³-hybridized carbons (Fsp3) is 0.333. The van der Waals surface area contributed by atoms with Crippen molar-refractivity contribution in [1.29, 1.82) is 0 Å². The Hall–Kier alpha value is -1.85. The van der Waals surface area contributed by atoms with Gasteiger partial charge in [0, 0.05) is 16.8 Å². The van der Waals surface area contributed by atoms with E-state index < -0.39 is 0 Å². The van der Waals surface area contributed by atoms with Crippen molar-refractivity contribution >= 4 is 39.9 Å². The van der Waals surface area contributed by atoms with Crippen molar-refractivity contribution in [2.75, 3.05) is 12.3 Å². The van der Waals surface area contributed by atoms with Crippen molar-refractivity contribution in [2.24, 2.45) is 0 Å². The quantitative estimate of drug-likeness (QED) is 0.579. The van der Waals surface area contributed by atoms with E-state index >= 15 is 0 Å². The van der Waals surface area contributed by atoms with Gasteiger partial charge in [0.05, 0.1) is 22.3 Å². The molecule has 3 aromatic rings. The van der Waals surface area contributed by atoms with Crippen LogP contribution in [0.1, 0.15) is 35.4 Å². The molecule has 4 rings (SSSR count). The van der Waals surface area contributed by atoms with Gasteiger partial charge in [0.15, 0.2) is 0 Å². The molecule has 2 aromatic heterocycles. The monoisotopic (exact) mass is 382 g/mol. The molecule has 0 bridgehead atoms. The lowest BCUT2D eigenvalue weighted by Gasteiger charge is -2.35. The van der Waals surface area contributed by atoms with E-state index in [9.17, 15) is 4.79 Å². The number of aromatic nitrogens is 1. The molecular formula is C21H22N2OS2. The minimum atomic E-state index is 0.214. The van der Waals surface area contributed by atoms with Gasteiger partial charge in [-0.3, -0.25) is 4.79 Å². The Bertz CT molecular complexity index is 950. The Balaban J connectivity index is 1.49. The van der Waals surface area contributed by atoms with E-state index in [-0.39, 0.29) is 11.9 Å². The van der Waals surface area contributed by atoms with Gasteiger partial charge >= 0.3 is 0 Å². The van der Waals surface area contributed by atoms with Gasteiger partial charge in [-0.1, -0.05) is 36.9 Å². The molecular weight excluding hydrogens is 360 g/mol. The molecule has 0 radical (unpaired) electrons. The summed E-state index contributed by atoms with van der Waals surface area (Å²) in [6.45, 7) is 5.10. The predicted octanol–water partition coefficient (Wildman–Crippen LogP) is 5.23. The normalized spacial score (nSPS) is 16.7. The zero-order valence-corrected chi connectivity index (χ0v) is 16.7. The average molecular weight is 383 g/mol. The third-order valence-corrected chi connectivity index (χ3v) is 6.94. The van der Waals surface area contributed by atoms with Gasteiger partial charge in [-0.25, -0.2) is 4.98 Å². The summed E-state index contributed by atoms with van der Waals surface area (Å²) in [5, 5.41) is 4.25. The first-order chi connectivity index (χ1) is 12.7. The van der Waals surface area contributed by atoms with Gasteiger partial charge in [-0.15, -0.1) is 11.3 Å². The number of fused-ring (bicyclic) bond motifs is 2. The number of nitrogens with zero attached hydrogens (tertiary/aromatic N) is 2. The summed E-state index contributed by atoms with van der Waals surface area (Å²) in [5.74, 6) is 0.659. The fourth-order valence-electron chi connectivity index (χ4n) is 3.75.